The average molecular weight is 298 g/mol. The molecule has 0 saturated carbocycles. The molecular formula is C16H24F2N2O. The van der Waals surface area contributed by atoms with Gasteiger partial charge in [-0.3, -0.25) is 4.90 Å². The van der Waals surface area contributed by atoms with Crippen LogP contribution in [0, 0.1) is 18.6 Å². The molecule has 21 heavy (non-hydrogen) atoms. The number of rotatable bonds is 5. The SMILES string of the molecule is CCNC(c1c(F)ccc(C)c1F)C1CN(CC)CCO1. The molecule has 1 heterocycles. The molecule has 1 saturated heterocycles. The number of likely N-dealkylation sites (N-methyl/N-ethyl adjacent to an activating group) is 2. The molecule has 2 rings (SSSR count). The molecule has 5 heteroatoms. The Morgan fingerprint density at radius 1 is 1.38 bits per heavy atom. The summed E-state index contributed by atoms with van der Waals surface area (Å²) in [7, 11) is 0. The lowest BCUT2D eigenvalue weighted by molar-refractivity contribution is -0.0464. The van der Waals surface area contributed by atoms with Gasteiger partial charge in [-0.15, -0.1) is 0 Å². The van der Waals surface area contributed by atoms with Crippen LogP contribution < -0.4 is 5.32 Å². The molecule has 0 aromatic heterocycles. The number of nitrogens with one attached hydrogen (secondary N) is 1. The lowest BCUT2D eigenvalue weighted by atomic mass is 9.96. The minimum atomic E-state index is -0.513. The zero-order valence-electron chi connectivity index (χ0n) is 13.0. The summed E-state index contributed by atoms with van der Waals surface area (Å²) in [6, 6.07) is 2.33. The molecule has 0 amide bonds. The van der Waals surface area contributed by atoms with Gasteiger partial charge in [0.2, 0.25) is 0 Å². The van der Waals surface area contributed by atoms with Gasteiger partial charge < -0.3 is 10.1 Å². The van der Waals surface area contributed by atoms with Crippen molar-refractivity contribution >= 4 is 0 Å². The Labute approximate surface area is 125 Å². The summed E-state index contributed by atoms with van der Waals surface area (Å²) in [4.78, 5) is 2.24. The fourth-order valence-electron chi connectivity index (χ4n) is 2.82. The largest absolute Gasteiger partial charge is 0.374 e. The van der Waals surface area contributed by atoms with Gasteiger partial charge in [0.1, 0.15) is 11.6 Å². The minimum Gasteiger partial charge on any atom is -0.374 e. The molecule has 0 bridgehead atoms. The van der Waals surface area contributed by atoms with E-state index >= 15 is 0 Å². The van der Waals surface area contributed by atoms with E-state index in [0.717, 1.165) is 13.1 Å². The minimum absolute atomic E-state index is 0.0970. The number of aryl methyl sites for hydroxylation is 1. The first-order valence-corrected chi connectivity index (χ1v) is 7.60. The van der Waals surface area contributed by atoms with Crippen molar-refractivity contribution in [1.82, 2.24) is 10.2 Å². The van der Waals surface area contributed by atoms with E-state index in [4.69, 9.17) is 4.74 Å². The van der Waals surface area contributed by atoms with Crippen LogP contribution in [0.3, 0.4) is 0 Å². The van der Waals surface area contributed by atoms with Crippen LogP contribution in [-0.2, 0) is 4.74 Å². The first kappa shape index (κ1) is 16.3. The van der Waals surface area contributed by atoms with Crippen molar-refractivity contribution in [2.45, 2.75) is 32.9 Å². The molecule has 1 N–H and O–H groups in total. The van der Waals surface area contributed by atoms with E-state index < -0.39 is 17.7 Å². The molecule has 0 spiro atoms. The van der Waals surface area contributed by atoms with Gasteiger partial charge in [0.25, 0.3) is 0 Å². The van der Waals surface area contributed by atoms with Gasteiger partial charge in [0, 0.05) is 18.7 Å². The third-order valence-electron chi connectivity index (χ3n) is 4.05. The Balaban J connectivity index is 2.32. The van der Waals surface area contributed by atoms with Gasteiger partial charge in [0.15, 0.2) is 0 Å². The van der Waals surface area contributed by atoms with Crippen molar-refractivity contribution in [3.05, 3.63) is 34.9 Å². The summed E-state index contributed by atoms with van der Waals surface area (Å²) in [5.41, 5.74) is 0.553. The Morgan fingerprint density at radius 3 is 2.81 bits per heavy atom. The van der Waals surface area contributed by atoms with Crippen molar-refractivity contribution in [3.63, 3.8) is 0 Å². The third kappa shape index (κ3) is 3.59. The maximum Gasteiger partial charge on any atom is 0.133 e. The van der Waals surface area contributed by atoms with Crippen LogP contribution in [0.15, 0.2) is 12.1 Å². The van der Waals surface area contributed by atoms with Gasteiger partial charge >= 0.3 is 0 Å². The number of hydrogen-bond acceptors (Lipinski definition) is 3. The van der Waals surface area contributed by atoms with Crippen LogP contribution in [0.4, 0.5) is 8.78 Å². The van der Waals surface area contributed by atoms with E-state index in [-0.39, 0.29) is 11.7 Å². The number of ether oxygens (including phenoxy) is 1. The third-order valence-corrected chi connectivity index (χ3v) is 4.05. The van der Waals surface area contributed by atoms with E-state index in [9.17, 15) is 8.78 Å². The Bertz CT molecular complexity index is 482. The number of nitrogens with zero attached hydrogens (tertiary/aromatic N) is 1. The quantitative estimate of drug-likeness (QED) is 0.904. The smallest absolute Gasteiger partial charge is 0.133 e. The number of benzene rings is 1. The van der Waals surface area contributed by atoms with Crippen molar-refractivity contribution in [2.75, 3.05) is 32.8 Å². The topological polar surface area (TPSA) is 24.5 Å². The molecule has 1 aromatic carbocycles. The highest BCUT2D eigenvalue weighted by molar-refractivity contribution is 5.30. The maximum atomic E-state index is 14.4. The molecule has 118 valence electrons. The molecule has 2 unspecified atom stereocenters. The van der Waals surface area contributed by atoms with Crippen LogP contribution in [0.1, 0.15) is 31.0 Å². The summed E-state index contributed by atoms with van der Waals surface area (Å²) in [5.74, 6) is -0.987. The van der Waals surface area contributed by atoms with E-state index in [1.807, 2.05) is 6.92 Å². The van der Waals surface area contributed by atoms with Crippen molar-refractivity contribution < 1.29 is 13.5 Å². The second-order valence-corrected chi connectivity index (χ2v) is 5.43. The molecule has 1 fully saturated rings. The number of hydrogen-bond donors (Lipinski definition) is 1. The molecule has 2 atom stereocenters. The summed E-state index contributed by atoms with van der Waals surface area (Å²) >= 11 is 0. The lowest BCUT2D eigenvalue weighted by Gasteiger charge is -2.37. The second-order valence-electron chi connectivity index (χ2n) is 5.43. The normalized spacial score (nSPS) is 21.5. The van der Waals surface area contributed by atoms with Gasteiger partial charge in [-0.05, 0) is 31.6 Å². The Kier molecular flexibility index (Phi) is 5.67. The molecule has 0 radical (unpaired) electrons. The Hall–Kier alpha value is -1.04. The molecule has 1 aliphatic heterocycles. The van der Waals surface area contributed by atoms with Crippen LogP contribution in [0.5, 0.6) is 0 Å². The first-order valence-electron chi connectivity index (χ1n) is 7.60. The van der Waals surface area contributed by atoms with Crippen molar-refractivity contribution in [2.24, 2.45) is 0 Å². The van der Waals surface area contributed by atoms with E-state index in [1.54, 1.807) is 6.92 Å². The number of halogens is 2. The first-order chi connectivity index (χ1) is 10.1. The Morgan fingerprint density at radius 2 is 2.14 bits per heavy atom. The zero-order valence-corrected chi connectivity index (χ0v) is 13.0. The highest BCUT2D eigenvalue weighted by Gasteiger charge is 2.32. The molecule has 3 nitrogen and oxygen atoms in total. The van der Waals surface area contributed by atoms with Crippen LogP contribution in [-0.4, -0.2) is 43.8 Å². The second kappa shape index (κ2) is 7.29. The standard InChI is InChI=1S/C16H24F2N2O/c1-4-19-16(13-10-20(5-2)8-9-21-13)14-12(17)7-6-11(3)15(14)18/h6-7,13,16,19H,4-5,8-10H2,1-3H3. The van der Waals surface area contributed by atoms with Gasteiger partial charge in [-0.1, -0.05) is 19.9 Å². The summed E-state index contributed by atoms with van der Waals surface area (Å²) in [6.45, 7) is 9.35. The predicted molar refractivity (Wildman–Crippen MR) is 79.4 cm³/mol. The van der Waals surface area contributed by atoms with E-state index in [1.165, 1.54) is 12.1 Å². The highest BCUT2D eigenvalue weighted by atomic mass is 19.1. The molecular weight excluding hydrogens is 274 g/mol. The molecule has 1 aromatic rings. The summed E-state index contributed by atoms with van der Waals surface area (Å²) in [6.07, 6.45) is -0.246. The average Bonchev–Trinajstić information content (AvgIpc) is 2.50. The summed E-state index contributed by atoms with van der Waals surface area (Å²) < 4.78 is 34.4. The zero-order chi connectivity index (χ0) is 15.4. The van der Waals surface area contributed by atoms with Gasteiger partial charge in [-0.2, -0.15) is 0 Å². The van der Waals surface area contributed by atoms with Crippen LogP contribution in [0.25, 0.3) is 0 Å². The van der Waals surface area contributed by atoms with Crippen LogP contribution >= 0.6 is 0 Å². The number of morpholine rings is 1. The summed E-state index contributed by atoms with van der Waals surface area (Å²) in [5, 5.41) is 3.19. The van der Waals surface area contributed by atoms with Crippen molar-refractivity contribution in [3.8, 4) is 0 Å². The fourth-order valence-corrected chi connectivity index (χ4v) is 2.82. The van der Waals surface area contributed by atoms with E-state index in [2.05, 4.69) is 17.1 Å². The molecule has 0 aliphatic carbocycles. The predicted octanol–water partition coefficient (Wildman–Crippen LogP) is 2.64. The van der Waals surface area contributed by atoms with Crippen molar-refractivity contribution in [1.29, 1.82) is 0 Å². The van der Waals surface area contributed by atoms with Gasteiger partial charge in [-0.25, -0.2) is 8.78 Å². The molecule has 1 aliphatic rings. The van der Waals surface area contributed by atoms with E-state index in [0.29, 0.717) is 25.3 Å². The maximum absolute atomic E-state index is 14.4. The van der Waals surface area contributed by atoms with Crippen LogP contribution in [0.2, 0.25) is 0 Å². The monoisotopic (exact) mass is 298 g/mol. The lowest BCUT2D eigenvalue weighted by Crippen LogP contribution is -2.48. The highest BCUT2D eigenvalue weighted by Crippen LogP contribution is 2.28. The van der Waals surface area contributed by atoms with Gasteiger partial charge in [0.05, 0.1) is 18.8 Å². The fraction of sp³-hybridized carbons (Fsp3) is 0.625.